The van der Waals surface area contributed by atoms with Crippen LogP contribution in [0.25, 0.3) is 0 Å². The van der Waals surface area contributed by atoms with Gasteiger partial charge in [-0.3, -0.25) is 4.79 Å². The minimum absolute atomic E-state index is 0.00744. The van der Waals surface area contributed by atoms with Gasteiger partial charge in [0.25, 0.3) is 0 Å². The first kappa shape index (κ1) is 15.4. The zero-order valence-electron chi connectivity index (χ0n) is 13.5. The van der Waals surface area contributed by atoms with Gasteiger partial charge in [-0.15, -0.1) is 0 Å². The summed E-state index contributed by atoms with van der Waals surface area (Å²) in [7, 11) is 0. The molecule has 0 saturated carbocycles. The first-order valence-corrected chi connectivity index (χ1v) is 7.84. The average Bonchev–Trinajstić information content (AvgIpc) is 2.55. The maximum atomic E-state index is 12.2. The maximum Gasteiger partial charge on any atom is 0.224 e. The molecule has 0 fully saturated rings. The summed E-state index contributed by atoms with van der Waals surface area (Å²) in [5.74, 6) is 1.49. The van der Waals surface area contributed by atoms with E-state index < -0.39 is 0 Å². The van der Waals surface area contributed by atoms with E-state index in [4.69, 9.17) is 9.47 Å². The van der Waals surface area contributed by atoms with E-state index in [9.17, 15) is 4.79 Å². The summed E-state index contributed by atoms with van der Waals surface area (Å²) in [5.41, 5.74) is 4.33. The number of hydrogen-bond donors (Lipinski definition) is 1. The molecule has 0 aromatic heterocycles. The highest BCUT2D eigenvalue weighted by Gasteiger charge is 2.15. The Bertz CT molecular complexity index is 725. The molecule has 4 heteroatoms. The number of nitrogens with one attached hydrogen (secondary N) is 1. The van der Waals surface area contributed by atoms with E-state index in [1.165, 1.54) is 5.56 Å². The molecule has 0 radical (unpaired) electrons. The molecule has 0 aliphatic carbocycles. The lowest BCUT2D eigenvalue weighted by Gasteiger charge is -2.20. The van der Waals surface area contributed by atoms with Crippen LogP contribution >= 0.6 is 0 Å². The van der Waals surface area contributed by atoms with Crippen molar-refractivity contribution >= 4 is 5.91 Å². The van der Waals surface area contributed by atoms with E-state index in [0.29, 0.717) is 26.2 Å². The monoisotopic (exact) mass is 311 g/mol. The highest BCUT2D eigenvalue weighted by Crippen LogP contribution is 2.33. The molecular weight excluding hydrogens is 290 g/mol. The van der Waals surface area contributed by atoms with Gasteiger partial charge in [-0.05, 0) is 48.2 Å². The van der Waals surface area contributed by atoms with Crippen molar-refractivity contribution in [1.82, 2.24) is 5.32 Å². The van der Waals surface area contributed by atoms with Gasteiger partial charge in [0.1, 0.15) is 13.2 Å². The summed E-state index contributed by atoms with van der Waals surface area (Å²) in [6, 6.07) is 11.9. The number of fused-ring (bicyclic) bond motifs is 1. The smallest absolute Gasteiger partial charge is 0.224 e. The van der Waals surface area contributed by atoms with Gasteiger partial charge in [-0.1, -0.05) is 24.3 Å². The van der Waals surface area contributed by atoms with Crippen molar-refractivity contribution in [3.05, 3.63) is 58.7 Å². The van der Waals surface area contributed by atoms with Crippen LogP contribution in [0.15, 0.2) is 36.4 Å². The van der Waals surface area contributed by atoms with E-state index in [0.717, 1.165) is 28.2 Å². The number of benzene rings is 2. The van der Waals surface area contributed by atoms with Crippen molar-refractivity contribution in [3.63, 3.8) is 0 Å². The van der Waals surface area contributed by atoms with Crippen LogP contribution in [0, 0.1) is 13.8 Å². The molecule has 2 aromatic carbocycles. The third-order valence-electron chi connectivity index (χ3n) is 4.09. The van der Waals surface area contributed by atoms with Gasteiger partial charge in [-0.25, -0.2) is 0 Å². The van der Waals surface area contributed by atoms with Gasteiger partial charge in [0.15, 0.2) is 11.5 Å². The van der Waals surface area contributed by atoms with Crippen molar-refractivity contribution in [2.24, 2.45) is 0 Å². The van der Waals surface area contributed by atoms with Crippen molar-refractivity contribution < 1.29 is 14.3 Å². The largest absolute Gasteiger partial charge is 0.486 e. The molecule has 2 aromatic rings. The third kappa shape index (κ3) is 3.65. The molecule has 23 heavy (non-hydrogen) atoms. The fourth-order valence-corrected chi connectivity index (χ4v) is 2.66. The zero-order chi connectivity index (χ0) is 16.2. The average molecular weight is 311 g/mol. The van der Waals surface area contributed by atoms with Gasteiger partial charge in [0.05, 0.1) is 6.42 Å². The minimum atomic E-state index is 0.00744. The second-order valence-electron chi connectivity index (χ2n) is 5.80. The lowest BCUT2D eigenvalue weighted by atomic mass is 10.0. The molecule has 0 unspecified atom stereocenters. The molecule has 0 spiro atoms. The Kier molecular flexibility index (Phi) is 4.51. The minimum Gasteiger partial charge on any atom is -0.486 e. The van der Waals surface area contributed by atoms with Gasteiger partial charge >= 0.3 is 0 Å². The van der Waals surface area contributed by atoms with Crippen LogP contribution in [0.2, 0.25) is 0 Å². The Labute approximate surface area is 136 Å². The van der Waals surface area contributed by atoms with Gasteiger partial charge < -0.3 is 14.8 Å². The molecular formula is C19H21NO3. The Morgan fingerprint density at radius 1 is 1.00 bits per heavy atom. The van der Waals surface area contributed by atoms with Crippen LogP contribution in [0.5, 0.6) is 11.5 Å². The molecule has 1 amide bonds. The number of carbonyl (C=O) groups excluding carboxylic acids is 1. The summed E-state index contributed by atoms with van der Waals surface area (Å²) in [6.45, 7) is 5.71. The van der Waals surface area contributed by atoms with Crippen LogP contribution < -0.4 is 14.8 Å². The summed E-state index contributed by atoms with van der Waals surface area (Å²) in [5, 5.41) is 2.98. The SMILES string of the molecule is Cc1ccccc1CNC(=O)Cc1cc2c(cc1C)OCCO2. The van der Waals surface area contributed by atoms with E-state index >= 15 is 0 Å². The molecule has 0 bridgehead atoms. The number of carbonyl (C=O) groups is 1. The number of amides is 1. The van der Waals surface area contributed by atoms with E-state index in [1.807, 2.05) is 50.2 Å². The van der Waals surface area contributed by atoms with Crippen LogP contribution in [0.3, 0.4) is 0 Å². The molecule has 1 heterocycles. The van der Waals surface area contributed by atoms with Crippen molar-refractivity contribution in [3.8, 4) is 11.5 Å². The second-order valence-corrected chi connectivity index (χ2v) is 5.80. The van der Waals surface area contributed by atoms with Gasteiger partial charge in [-0.2, -0.15) is 0 Å². The first-order chi connectivity index (χ1) is 11.1. The Morgan fingerprint density at radius 3 is 2.43 bits per heavy atom. The van der Waals surface area contributed by atoms with Crippen molar-refractivity contribution in [2.45, 2.75) is 26.8 Å². The predicted octanol–water partition coefficient (Wildman–Crippen LogP) is 2.93. The lowest BCUT2D eigenvalue weighted by molar-refractivity contribution is -0.120. The Balaban J connectivity index is 1.65. The normalized spacial score (nSPS) is 12.8. The lowest BCUT2D eigenvalue weighted by Crippen LogP contribution is -2.25. The van der Waals surface area contributed by atoms with Crippen LogP contribution in [0.4, 0.5) is 0 Å². The summed E-state index contributed by atoms with van der Waals surface area (Å²) < 4.78 is 11.1. The zero-order valence-corrected chi connectivity index (χ0v) is 13.5. The summed E-state index contributed by atoms with van der Waals surface area (Å²) in [4.78, 5) is 12.2. The fraction of sp³-hybridized carbons (Fsp3) is 0.316. The fourth-order valence-electron chi connectivity index (χ4n) is 2.66. The third-order valence-corrected chi connectivity index (χ3v) is 4.09. The van der Waals surface area contributed by atoms with E-state index in [-0.39, 0.29) is 5.91 Å². The van der Waals surface area contributed by atoms with Gasteiger partial charge in [0, 0.05) is 6.54 Å². The first-order valence-electron chi connectivity index (χ1n) is 7.84. The highest BCUT2D eigenvalue weighted by atomic mass is 16.6. The van der Waals surface area contributed by atoms with E-state index in [2.05, 4.69) is 5.32 Å². The van der Waals surface area contributed by atoms with Crippen molar-refractivity contribution in [2.75, 3.05) is 13.2 Å². The van der Waals surface area contributed by atoms with Crippen LogP contribution in [-0.4, -0.2) is 19.1 Å². The second kappa shape index (κ2) is 6.73. The van der Waals surface area contributed by atoms with Crippen LogP contribution in [-0.2, 0) is 17.8 Å². The van der Waals surface area contributed by atoms with E-state index in [1.54, 1.807) is 0 Å². The van der Waals surface area contributed by atoms with Crippen LogP contribution in [0.1, 0.15) is 22.3 Å². The summed E-state index contributed by atoms with van der Waals surface area (Å²) in [6.07, 6.45) is 0.342. The Hall–Kier alpha value is -2.49. The molecule has 1 N–H and O–H groups in total. The van der Waals surface area contributed by atoms with Gasteiger partial charge in [0.2, 0.25) is 5.91 Å². The Morgan fingerprint density at radius 2 is 1.70 bits per heavy atom. The number of aryl methyl sites for hydroxylation is 2. The molecule has 3 rings (SSSR count). The van der Waals surface area contributed by atoms with Crippen molar-refractivity contribution in [1.29, 1.82) is 0 Å². The highest BCUT2D eigenvalue weighted by molar-refractivity contribution is 5.79. The molecule has 0 saturated heterocycles. The predicted molar refractivity (Wildman–Crippen MR) is 88.9 cm³/mol. The number of ether oxygens (including phenoxy) is 2. The summed E-state index contributed by atoms with van der Waals surface area (Å²) >= 11 is 0. The maximum absolute atomic E-state index is 12.2. The molecule has 120 valence electrons. The molecule has 4 nitrogen and oxygen atoms in total. The standard InChI is InChI=1S/C19H21NO3/c1-13-5-3-4-6-15(13)12-20-19(21)11-16-10-18-17(9-14(16)2)22-7-8-23-18/h3-6,9-10H,7-8,11-12H2,1-2H3,(H,20,21). The topological polar surface area (TPSA) is 47.6 Å². The number of rotatable bonds is 4. The number of hydrogen-bond acceptors (Lipinski definition) is 3. The molecule has 1 aliphatic heterocycles. The molecule has 1 aliphatic rings. The molecule has 0 atom stereocenters. The quantitative estimate of drug-likeness (QED) is 0.944.